The second kappa shape index (κ2) is 12.0. The Hall–Kier alpha value is -2.68. The maximum absolute atomic E-state index is 12.0. The van der Waals surface area contributed by atoms with E-state index in [-0.39, 0.29) is 24.1 Å². The molecule has 1 amide bonds. The highest BCUT2D eigenvalue weighted by Gasteiger charge is 2.37. The first kappa shape index (κ1) is 26.4. The van der Waals surface area contributed by atoms with Gasteiger partial charge in [-0.05, 0) is 66.5 Å². The van der Waals surface area contributed by atoms with Crippen molar-refractivity contribution in [3.63, 3.8) is 0 Å². The van der Waals surface area contributed by atoms with E-state index in [1.165, 1.54) is 23.1 Å². The van der Waals surface area contributed by atoms with E-state index in [0.717, 1.165) is 37.9 Å². The van der Waals surface area contributed by atoms with E-state index in [9.17, 15) is 14.7 Å². The van der Waals surface area contributed by atoms with Crippen LogP contribution in [0, 0.1) is 0 Å². The lowest BCUT2D eigenvalue weighted by Gasteiger charge is -2.38. The minimum Gasteiger partial charge on any atom is -0.478 e. The molecule has 1 aliphatic carbocycles. The molecule has 3 N–H and O–H groups in total. The topological polar surface area (TPSA) is 90.9 Å². The van der Waals surface area contributed by atoms with Gasteiger partial charge in [0.1, 0.15) is 0 Å². The van der Waals surface area contributed by atoms with Crippen LogP contribution in [-0.2, 0) is 33.8 Å². The van der Waals surface area contributed by atoms with Gasteiger partial charge in [-0.1, -0.05) is 26.0 Å². The van der Waals surface area contributed by atoms with E-state index in [1.807, 2.05) is 11.3 Å². The quantitative estimate of drug-likeness (QED) is 0.442. The number of nitrogens with zero attached hydrogens (tertiary/aromatic N) is 1. The molecule has 2 aliphatic rings. The van der Waals surface area contributed by atoms with E-state index in [4.69, 9.17) is 4.74 Å². The number of ether oxygens (including phenoxy) is 1. The van der Waals surface area contributed by atoms with E-state index in [2.05, 4.69) is 65.1 Å². The Morgan fingerprint density at radius 1 is 1.19 bits per heavy atom. The van der Waals surface area contributed by atoms with E-state index in [1.54, 1.807) is 6.08 Å². The normalized spacial score (nSPS) is 21.7. The number of rotatable bonds is 10. The zero-order chi connectivity index (χ0) is 25.7. The third kappa shape index (κ3) is 6.35. The molecule has 0 saturated heterocycles. The first-order chi connectivity index (χ1) is 17.4. The van der Waals surface area contributed by atoms with Gasteiger partial charge in [0.25, 0.3) is 0 Å². The molecule has 1 aromatic heterocycles. The van der Waals surface area contributed by atoms with Crippen molar-refractivity contribution in [1.29, 1.82) is 0 Å². The monoisotopic (exact) mass is 511 g/mol. The Kier molecular flexibility index (Phi) is 8.82. The lowest BCUT2D eigenvalue weighted by Crippen LogP contribution is -2.58. The number of hydrogen-bond donors (Lipinski definition) is 3. The lowest BCUT2D eigenvalue weighted by atomic mass is 9.87. The van der Waals surface area contributed by atoms with Gasteiger partial charge in [0, 0.05) is 42.2 Å². The summed E-state index contributed by atoms with van der Waals surface area (Å²) in [6.07, 6.45) is 4.22. The lowest BCUT2D eigenvalue weighted by molar-refractivity contribution is -0.133. The van der Waals surface area contributed by atoms with Crippen molar-refractivity contribution in [3.05, 3.63) is 63.4 Å². The fourth-order valence-electron chi connectivity index (χ4n) is 5.10. The van der Waals surface area contributed by atoms with Crippen LogP contribution in [0.2, 0.25) is 0 Å². The number of nitrogens with one attached hydrogen (secondary N) is 2. The average molecular weight is 512 g/mol. The molecule has 2 aromatic rings. The van der Waals surface area contributed by atoms with E-state index in [0.29, 0.717) is 18.5 Å². The Bertz CT molecular complexity index is 1080. The van der Waals surface area contributed by atoms with Crippen LogP contribution in [0.1, 0.15) is 56.0 Å². The van der Waals surface area contributed by atoms with Gasteiger partial charge < -0.3 is 25.4 Å². The molecule has 2 heterocycles. The molecule has 0 bridgehead atoms. The fourth-order valence-corrected chi connectivity index (χ4v) is 6.04. The molecule has 0 spiro atoms. The van der Waals surface area contributed by atoms with Crippen molar-refractivity contribution < 1.29 is 19.4 Å². The van der Waals surface area contributed by atoms with Gasteiger partial charge in [0.05, 0.1) is 24.8 Å². The number of fused-ring (bicyclic) bond motifs is 1. The van der Waals surface area contributed by atoms with Gasteiger partial charge in [0.2, 0.25) is 5.91 Å². The van der Waals surface area contributed by atoms with Crippen molar-refractivity contribution >= 4 is 28.9 Å². The summed E-state index contributed by atoms with van der Waals surface area (Å²) in [5.41, 5.74) is 4.11. The minimum atomic E-state index is -0.944. The van der Waals surface area contributed by atoms with Gasteiger partial charge in [-0.3, -0.25) is 4.79 Å². The molecule has 4 rings (SSSR count). The number of hydrogen-bond acceptors (Lipinski definition) is 6. The zero-order valence-electron chi connectivity index (χ0n) is 21.3. The number of carbonyl (C=O) groups is 2. The smallest absolute Gasteiger partial charge is 0.331 e. The third-order valence-corrected chi connectivity index (χ3v) is 8.14. The van der Waals surface area contributed by atoms with Crippen LogP contribution >= 0.6 is 11.3 Å². The summed E-state index contributed by atoms with van der Waals surface area (Å²) in [6, 6.07) is 10.2. The van der Waals surface area contributed by atoms with Gasteiger partial charge in [0.15, 0.2) is 0 Å². The number of thiophene rings is 1. The highest BCUT2D eigenvalue weighted by atomic mass is 32.1. The number of aliphatic carboxylic acids is 1. The highest BCUT2D eigenvalue weighted by Crippen LogP contribution is 2.29. The Morgan fingerprint density at radius 3 is 2.61 bits per heavy atom. The summed E-state index contributed by atoms with van der Waals surface area (Å²) in [7, 11) is 0. The fraction of sp³-hybridized carbons (Fsp3) is 0.500. The molecule has 8 heteroatoms. The summed E-state index contributed by atoms with van der Waals surface area (Å²) in [4.78, 5) is 27.8. The SMILES string of the molecule is CCC(CC)O[C@@H]1C=C(C(=O)O)C[C@H](NCc2ccc(N3CCc4ccsc4C3)cc2)[C@H]1NC(C)=O. The number of benzene rings is 1. The predicted molar refractivity (Wildman–Crippen MR) is 143 cm³/mol. The van der Waals surface area contributed by atoms with Crippen LogP contribution in [0.4, 0.5) is 5.69 Å². The number of carbonyl (C=O) groups excluding carboxylic acids is 1. The summed E-state index contributed by atoms with van der Waals surface area (Å²) < 4.78 is 6.27. The van der Waals surface area contributed by atoms with E-state index < -0.39 is 12.1 Å². The molecule has 0 saturated carbocycles. The summed E-state index contributed by atoms with van der Waals surface area (Å²) >= 11 is 1.83. The number of amides is 1. The molecule has 1 aromatic carbocycles. The van der Waals surface area contributed by atoms with Gasteiger partial charge in [-0.25, -0.2) is 4.79 Å². The largest absolute Gasteiger partial charge is 0.478 e. The van der Waals surface area contributed by atoms with Crippen LogP contribution in [-0.4, -0.2) is 47.8 Å². The van der Waals surface area contributed by atoms with Crippen molar-refractivity contribution in [1.82, 2.24) is 10.6 Å². The highest BCUT2D eigenvalue weighted by molar-refractivity contribution is 7.10. The van der Waals surface area contributed by atoms with Crippen LogP contribution < -0.4 is 15.5 Å². The molecule has 7 nitrogen and oxygen atoms in total. The molecule has 3 atom stereocenters. The molecular formula is C28H37N3O4S. The predicted octanol–water partition coefficient (Wildman–Crippen LogP) is 4.26. The van der Waals surface area contributed by atoms with Gasteiger partial charge in [-0.15, -0.1) is 11.3 Å². The van der Waals surface area contributed by atoms with Crippen molar-refractivity contribution in [2.45, 2.75) is 83.8 Å². The maximum atomic E-state index is 12.0. The summed E-state index contributed by atoms with van der Waals surface area (Å²) in [6.45, 7) is 8.13. The van der Waals surface area contributed by atoms with Crippen LogP contribution in [0.5, 0.6) is 0 Å². The second-order valence-electron chi connectivity index (χ2n) is 9.66. The second-order valence-corrected chi connectivity index (χ2v) is 10.7. The van der Waals surface area contributed by atoms with Crippen molar-refractivity contribution in [2.24, 2.45) is 0 Å². The first-order valence-corrected chi connectivity index (χ1v) is 13.7. The Balaban J connectivity index is 1.44. The molecular weight excluding hydrogens is 474 g/mol. The number of carboxylic acid groups (broad SMARTS) is 1. The number of anilines is 1. The summed E-state index contributed by atoms with van der Waals surface area (Å²) in [5, 5.41) is 18.4. The minimum absolute atomic E-state index is 0.00360. The van der Waals surface area contributed by atoms with E-state index >= 15 is 0 Å². The average Bonchev–Trinajstić information content (AvgIpc) is 3.35. The zero-order valence-corrected chi connectivity index (χ0v) is 22.1. The Labute approximate surface area is 217 Å². The maximum Gasteiger partial charge on any atom is 0.331 e. The van der Waals surface area contributed by atoms with Gasteiger partial charge in [-0.2, -0.15) is 0 Å². The molecule has 0 fully saturated rings. The van der Waals surface area contributed by atoms with Crippen LogP contribution in [0.15, 0.2) is 47.4 Å². The summed E-state index contributed by atoms with van der Waals surface area (Å²) in [5.74, 6) is -1.10. The van der Waals surface area contributed by atoms with Crippen LogP contribution in [0.25, 0.3) is 0 Å². The molecule has 194 valence electrons. The molecule has 36 heavy (non-hydrogen) atoms. The first-order valence-electron chi connectivity index (χ1n) is 12.9. The van der Waals surface area contributed by atoms with Crippen molar-refractivity contribution in [2.75, 3.05) is 11.4 Å². The molecule has 0 radical (unpaired) electrons. The van der Waals surface area contributed by atoms with Crippen LogP contribution in [0.3, 0.4) is 0 Å². The molecule has 0 unspecified atom stereocenters. The number of carboxylic acids is 1. The Morgan fingerprint density at radius 2 is 1.94 bits per heavy atom. The molecule has 1 aliphatic heterocycles. The third-order valence-electron chi connectivity index (χ3n) is 7.19. The standard InChI is InChI=1S/C28H37N3O4S/c1-4-23(5-2)35-25-15-21(28(33)34)14-24(27(25)30-18(3)32)29-16-19-6-8-22(9-7-19)31-12-10-20-11-13-36-26(20)17-31/h6-9,11,13,15,23-25,27,29H,4-5,10,12,14,16-17H2,1-3H3,(H,30,32)(H,33,34)/t24-,25+,27+/m0/s1. The van der Waals surface area contributed by atoms with Crippen molar-refractivity contribution in [3.8, 4) is 0 Å². The van der Waals surface area contributed by atoms with Gasteiger partial charge >= 0.3 is 5.97 Å².